The van der Waals surface area contributed by atoms with Crippen LogP contribution in [0.5, 0.6) is 0 Å². The third kappa shape index (κ3) is 2.49. The Hall–Kier alpha value is -2.60. The Kier molecular flexibility index (Phi) is 4.15. The lowest BCUT2D eigenvalue weighted by Gasteiger charge is -2.14. The first-order valence-corrected chi connectivity index (χ1v) is 8.10. The number of nitrogens with zero attached hydrogens (tertiary/aromatic N) is 3. The highest BCUT2D eigenvalue weighted by Gasteiger charge is 2.17. The van der Waals surface area contributed by atoms with E-state index in [1.807, 2.05) is 13.0 Å². The van der Waals surface area contributed by atoms with Gasteiger partial charge in [0.1, 0.15) is 11.6 Å². The normalized spacial score (nSPS) is 10.4. The summed E-state index contributed by atoms with van der Waals surface area (Å²) in [6.45, 7) is 1.82. The summed E-state index contributed by atoms with van der Waals surface area (Å²) in [6.07, 6.45) is 0. The smallest absolute Gasteiger partial charge is 0.275 e. The molecule has 3 aromatic rings. The third-order valence-corrected chi connectivity index (χ3v) is 4.67. The summed E-state index contributed by atoms with van der Waals surface area (Å²) in [5.74, 6) is 0. The Balaban J connectivity index is 2.53. The number of aromatic nitrogens is 1. The quantitative estimate of drug-likeness (QED) is 0.608. The molecule has 0 saturated heterocycles. The molecule has 0 atom stereocenters. The number of halogens is 2. The minimum Gasteiger partial charge on any atom is -0.276 e. The number of fused-ring (bicyclic) bond motifs is 1. The van der Waals surface area contributed by atoms with Gasteiger partial charge in [0, 0.05) is 9.86 Å². The average Bonchev–Trinajstić information content (AvgIpc) is 2.56. The molecule has 0 spiro atoms. The zero-order valence-electron chi connectivity index (χ0n) is 12.5. The fraction of sp³-hybridized carbons (Fsp3) is 0.0556. The molecule has 0 aliphatic heterocycles. The Morgan fingerprint density at radius 1 is 1.12 bits per heavy atom. The molecule has 116 valence electrons. The van der Waals surface area contributed by atoms with Crippen molar-refractivity contribution in [3.63, 3.8) is 0 Å². The number of nitriles is 2. The summed E-state index contributed by atoms with van der Waals surface area (Å²) < 4.78 is 2.18. The van der Waals surface area contributed by atoms with E-state index in [9.17, 15) is 15.3 Å². The van der Waals surface area contributed by atoms with Gasteiger partial charge in [-0.3, -0.25) is 9.36 Å². The summed E-state index contributed by atoms with van der Waals surface area (Å²) in [7, 11) is 0. The van der Waals surface area contributed by atoms with Gasteiger partial charge in [0.05, 0.1) is 27.9 Å². The number of benzene rings is 2. The second-order valence-electron chi connectivity index (χ2n) is 5.21. The Bertz CT molecular complexity index is 1140. The first-order chi connectivity index (χ1) is 11.5. The molecule has 0 amide bonds. The van der Waals surface area contributed by atoms with Gasteiger partial charge >= 0.3 is 0 Å². The van der Waals surface area contributed by atoms with Crippen LogP contribution < -0.4 is 5.56 Å². The van der Waals surface area contributed by atoms with E-state index in [4.69, 9.17) is 11.6 Å². The SMILES string of the molecule is Cc1ccc(-n2c(=O)c(C#N)c(Cl)c3ccc(Br)cc32)cc1C#N. The predicted molar refractivity (Wildman–Crippen MR) is 96.4 cm³/mol. The molecule has 6 heteroatoms. The molecule has 0 N–H and O–H groups in total. The third-order valence-electron chi connectivity index (χ3n) is 3.79. The first-order valence-electron chi connectivity index (χ1n) is 6.93. The van der Waals surface area contributed by atoms with Crippen LogP contribution in [0.4, 0.5) is 0 Å². The molecule has 0 saturated carbocycles. The lowest BCUT2D eigenvalue weighted by Crippen LogP contribution is -2.22. The maximum Gasteiger partial charge on any atom is 0.275 e. The monoisotopic (exact) mass is 397 g/mol. The van der Waals surface area contributed by atoms with E-state index in [1.54, 1.807) is 36.4 Å². The predicted octanol–water partition coefficient (Wildman–Crippen LogP) is 4.46. The van der Waals surface area contributed by atoms with E-state index in [-0.39, 0.29) is 10.6 Å². The molecule has 0 fully saturated rings. The van der Waals surface area contributed by atoms with Crippen molar-refractivity contribution in [3.8, 4) is 17.8 Å². The van der Waals surface area contributed by atoms with Crippen LogP contribution in [-0.4, -0.2) is 4.57 Å². The van der Waals surface area contributed by atoms with Crippen molar-refractivity contribution in [2.45, 2.75) is 6.92 Å². The van der Waals surface area contributed by atoms with Gasteiger partial charge in [-0.25, -0.2) is 0 Å². The molecule has 24 heavy (non-hydrogen) atoms. The van der Waals surface area contributed by atoms with E-state index in [2.05, 4.69) is 22.0 Å². The molecule has 1 heterocycles. The lowest BCUT2D eigenvalue weighted by molar-refractivity contribution is 1.03. The highest BCUT2D eigenvalue weighted by molar-refractivity contribution is 9.10. The Morgan fingerprint density at radius 3 is 2.54 bits per heavy atom. The maximum atomic E-state index is 12.8. The summed E-state index contributed by atoms with van der Waals surface area (Å²) in [5, 5.41) is 19.3. The van der Waals surface area contributed by atoms with Crippen LogP contribution in [0.2, 0.25) is 5.02 Å². The standard InChI is InChI=1S/C18H9BrClN3O/c1-10-2-4-13(6-11(10)8-21)23-16-7-12(19)3-5-14(16)17(20)15(9-22)18(23)24/h2-7H,1H3. The van der Waals surface area contributed by atoms with Crippen LogP contribution in [0.1, 0.15) is 16.7 Å². The van der Waals surface area contributed by atoms with Crippen LogP contribution in [0.25, 0.3) is 16.6 Å². The lowest BCUT2D eigenvalue weighted by atomic mass is 10.1. The van der Waals surface area contributed by atoms with Crippen molar-refractivity contribution in [2.24, 2.45) is 0 Å². The van der Waals surface area contributed by atoms with E-state index in [0.29, 0.717) is 22.2 Å². The van der Waals surface area contributed by atoms with Crippen molar-refractivity contribution in [2.75, 3.05) is 0 Å². The maximum absolute atomic E-state index is 12.8. The molecule has 0 aliphatic rings. The van der Waals surface area contributed by atoms with Crippen LogP contribution in [0.15, 0.2) is 45.7 Å². The molecule has 3 rings (SSSR count). The van der Waals surface area contributed by atoms with Gasteiger partial charge in [0.15, 0.2) is 0 Å². The van der Waals surface area contributed by atoms with Gasteiger partial charge in [-0.15, -0.1) is 0 Å². The minimum absolute atomic E-state index is 0.120. The van der Waals surface area contributed by atoms with Gasteiger partial charge < -0.3 is 0 Å². The number of hydrogen-bond donors (Lipinski definition) is 0. The fourth-order valence-electron chi connectivity index (χ4n) is 2.55. The summed E-state index contributed by atoms with van der Waals surface area (Å²) in [6, 6.07) is 14.4. The van der Waals surface area contributed by atoms with E-state index in [0.717, 1.165) is 10.0 Å². The largest absolute Gasteiger partial charge is 0.276 e. The zero-order valence-corrected chi connectivity index (χ0v) is 14.8. The topological polar surface area (TPSA) is 69.6 Å². The number of aryl methyl sites for hydroxylation is 1. The van der Waals surface area contributed by atoms with E-state index in [1.165, 1.54) is 4.57 Å². The number of rotatable bonds is 1. The molecule has 0 bridgehead atoms. The van der Waals surface area contributed by atoms with E-state index >= 15 is 0 Å². The van der Waals surface area contributed by atoms with Gasteiger partial charge in [-0.1, -0.05) is 39.7 Å². The van der Waals surface area contributed by atoms with Crippen molar-refractivity contribution < 1.29 is 0 Å². The minimum atomic E-state index is -0.513. The van der Waals surface area contributed by atoms with Gasteiger partial charge in [-0.05, 0) is 36.8 Å². The van der Waals surface area contributed by atoms with Crippen molar-refractivity contribution >= 4 is 38.4 Å². The summed E-state index contributed by atoms with van der Waals surface area (Å²) in [5.41, 5.74) is 1.72. The molecular weight excluding hydrogens is 390 g/mol. The zero-order chi connectivity index (χ0) is 17.4. The average molecular weight is 399 g/mol. The summed E-state index contributed by atoms with van der Waals surface area (Å²) >= 11 is 9.63. The second kappa shape index (κ2) is 6.13. The van der Waals surface area contributed by atoms with Crippen LogP contribution in [0.3, 0.4) is 0 Å². The Labute approximate surface area is 151 Å². The van der Waals surface area contributed by atoms with Crippen LogP contribution in [-0.2, 0) is 0 Å². The molecule has 0 unspecified atom stereocenters. The molecule has 0 aliphatic carbocycles. The van der Waals surface area contributed by atoms with Crippen molar-refractivity contribution in [3.05, 3.63) is 72.9 Å². The van der Waals surface area contributed by atoms with Gasteiger partial charge in [-0.2, -0.15) is 10.5 Å². The molecule has 4 nitrogen and oxygen atoms in total. The molecule has 2 aromatic carbocycles. The van der Waals surface area contributed by atoms with Crippen LogP contribution in [0, 0.1) is 29.6 Å². The molecular formula is C18H9BrClN3O. The van der Waals surface area contributed by atoms with Gasteiger partial charge in [0.25, 0.3) is 5.56 Å². The van der Waals surface area contributed by atoms with Gasteiger partial charge in [0.2, 0.25) is 0 Å². The highest BCUT2D eigenvalue weighted by atomic mass is 79.9. The number of hydrogen-bond acceptors (Lipinski definition) is 3. The molecule has 0 radical (unpaired) electrons. The van der Waals surface area contributed by atoms with Crippen LogP contribution >= 0.6 is 27.5 Å². The molecule has 1 aromatic heterocycles. The first kappa shape index (κ1) is 16.3. The van der Waals surface area contributed by atoms with Crippen molar-refractivity contribution in [1.82, 2.24) is 4.57 Å². The highest BCUT2D eigenvalue weighted by Crippen LogP contribution is 2.29. The Morgan fingerprint density at radius 2 is 1.88 bits per heavy atom. The summed E-state index contributed by atoms with van der Waals surface area (Å²) in [4.78, 5) is 12.8. The number of pyridine rings is 1. The second-order valence-corrected chi connectivity index (χ2v) is 6.51. The fourth-order valence-corrected chi connectivity index (χ4v) is 3.18. The van der Waals surface area contributed by atoms with Crippen molar-refractivity contribution in [1.29, 1.82) is 10.5 Å². The van der Waals surface area contributed by atoms with E-state index < -0.39 is 5.56 Å².